The van der Waals surface area contributed by atoms with E-state index in [2.05, 4.69) is 18.7 Å². The average Bonchev–Trinajstić information content (AvgIpc) is 2.22. The van der Waals surface area contributed by atoms with Gasteiger partial charge in [0.1, 0.15) is 0 Å². The summed E-state index contributed by atoms with van der Waals surface area (Å²) in [6, 6.07) is 0.756. The molecule has 1 saturated heterocycles. The lowest BCUT2D eigenvalue weighted by molar-refractivity contribution is 0.0122. The van der Waals surface area contributed by atoms with Crippen LogP contribution in [0, 0.1) is 0 Å². The molecule has 1 fully saturated rings. The number of hydrogen-bond donors (Lipinski definition) is 0. The fourth-order valence-corrected chi connectivity index (χ4v) is 1.78. The third-order valence-corrected chi connectivity index (χ3v) is 2.71. The quantitative estimate of drug-likeness (QED) is 0.658. The second kappa shape index (κ2) is 7.34. The van der Waals surface area contributed by atoms with Crippen molar-refractivity contribution in [2.24, 2.45) is 0 Å². The summed E-state index contributed by atoms with van der Waals surface area (Å²) in [5.74, 6) is 0. The summed E-state index contributed by atoms with van der Waals surface area (Å²) in [6.07, 6.45) is 2.99. The number of likely N-dealkylation sites (tertiary alicyclic amines) is 1. The van der Waals surface area contributed by atoms with Crippen LogP contribution in [0.25, 0.3) is 0 Å². The van der Waals surface area contributed by atoms with Crippen molar-refractivity contribution in [1.82, 2.24) is 4.90 Å². The number of hydrogen-bond acceptors (Lipinski definition) is 2. The van der Waals surface area contributed by atoms with Crippen molar-refractivity contribution in [1.29, 1.82) is 0 Å². The normalized spacial score (nSPS) is 29.3. The topological polar surface area (TPSA) is 12.5 Å². The summed E-state index contributed by atoms with van der Waals surface area (Å²) < 4.78 is 5.33. The van der Waals surface area contributed by atoms with Gasteiger partial charge < -0.3 is 4.74 Å². The van der Waals surface area contributed by atoms with Gasteiger partial charge in [-0.2, -0.15) is 0 Å². The molecule has 0 bridgehead atoms. The Kier molecular flexibility index (Phi) is 7.29. The van der Waals surface area contributed by atoms with Crippen molar-refractivity contribution < 1.29 is 4.74 Å². The van der Waals surface area contributed by atoms with Crippen LogP contribution in [0.1, 0.15) is 40.5 Å². The zero-order valence-corrected chi connectivity index (χ0v) is 9.84. The van der Waals surface area contributed by atoms with Gasteiger partial charge in [-0.05, 0) is 26.3 Å². The number of rotatable bonds is 2. The molecular formula is C11H25NO. The first-order valence-corrected chi connectivity index (χ1v) is 5.54. The fraction of sp³-hybridized carbons (Fsp3) is 1.00. The number of likely N-dealkylation sites (N-methyl/N-ethyl adjacent to an activating group) is 1. The van der Waals surface area contributed by atoms with E-state index in [0.29, 0.717) is 6.10 Å². The molecule has 2 nitrogen and oxygen atoms in total. The van der Waals surface area contributed by atoms with Crippen LogP contribution in [-0.4, -0.2) is 37.2 Å². The van der Waals surface area contributed by atoms with Crippen LogP contribution in [-0.2, 0) is 4.74 Å². The Morgan fingerprint density at radius 3 is 2.38 bits per heavy atom. The molecule has 0 amide bonds. The van der Waals surface area contributed by atoms with E-state index in [-0.39, 0.29) is 0 Å². The van der Waals surface area contributed by atoms with Crippen molar-refractivity contribution in [3.8, 4) is 0 Å². The smallest absolute Gasteiger partial charge is 0.0698 e. The SMILES string of the molecule is CC.CCN1CC(OC)CCC1C. The standard InChI is InChI=1S/C9H19NO.C2H6/c1-4-10-7-9(11-3)6-5-8(10)2;1-2/h8-9H,4-7H2,1-3H3;1-2H3. The molecule has 1 heterocycles. The summed E-state index contributed by atoms with van der Waals surface area (Å²) in [5.41, 5.74) is 0. The fourth-order valence-electron chi connectivity index (χ4n) is 1.78. The Labute approximate surface area is 83.3 Å². The molecule has 0 spiro atoms. The molecule has 2 heteroatoms. The number of piperidine rings is 1. The van der Waals surface area contributed by atoms with E-state index in [1.54, 1.807) is 0 Å². The predicted octanol–water partition coefficient (Wildman–Crippen LogP) is 2.53. The molecule has 0 aromatic heterocycles. The lowest BCUT2D eigenvalue weighted by atomic mass is 10.0. The Bertz CT molecular complexity index is 117. The summed E-state index contributed by atoms with van der Waals surface area (Å²) in [4.78, 5) is 2.48. The summed E-state index contributed by atoms with van der Waals surface area (Å²) in [5, 5.41) is 0. The second-order valence-corrected chi connectivity index (χ2v) is 3.37. The third kappa shape index (κ3) is 4.10. The van der Waals surface area contributed by atoms with Gasteiger partial charge in [-0.3, -0.25) is 4.90 Å². The first-order valence-electron chi connectivity index (χ1n) is 5.54. The van der Waals surface area contributed by atoms with Crippen LogP contribution < -0.4 is 0 Å². The first kappa shape index (κ1) is 12.9. The van der Waals surface area contributed by atoms with Gasteiger partial charge in [-0.25, -0.2) is 0 Å². The maximum absolute atomic E-state index is 5.33. The van der Waals surface area contributed by atoms with Gasteiger partial charge >= 0.3 is 0 Å². The minimum Gasteiger partial charge on any atom is -0.380 e. The van der Waals surface area contributed by atoms with Gasteiger partial charge in [0.25, 0.3) is 0 Å². The van der Waals surface area contributed by atoms with Crippen molar-refractivity contribution in [3.63, 3.8) is 0 Å². The molecule has 0 saturated carbocycles. The molecule has 1 aliphatic rings. The van der Waals surface area contributed by atoms with Gasteiger partial charge in [0.2, 0.25) is 0 Å². The van der Waals surface area contributed by atoms with E-state index < -0.39 is 0 Å². The molecule has 0 radical (unpaired) electrons. The Morgan fingerprint density at radius 2 is 1.92 bits per heavy atom. The van der Waals surface area contributed by atoms with Crippen molar-refractivity contribution in [2.45, 2.75) is 52.7 Å². The highest BCUT2D eigenvalue weighted by Crippen LogP contribution is 2.17. The molecule has 0 aromatic rings. The average molecular weight is 187 g/mol. The van der Waals surface area contributed by atoms with Crippen LogP contribution in [0.3, 0.4) is 0 Å². The van der Waals surface area contributed by atoms with Crippen LogP contribution in [0.4, 0.5) is 0 Å². The molecule has 0 aromatic carbocycles. The number of ether oxygens (including phenoxy) is 1. The summed E-state index contributed by atoms with van der Waals surface area (Å²) in [7, 11) is 1.81. The molecule has 13 heavy (non-hydrogen) atoms. The molecule has 2 unspecified atom stereocenters. The van der Waals surface area contributed by atoms with E-state index >= 15 is 0 Å². The largest absolute Gasteiger partial charge is 0.380 e. The monoisotopic (exact) mass is 187 g/mol. The van der Waals surface area contributed by atoms with Crippen molar-refractivity contribution in [2.75, 3.05) is 20.2 Å². The Hall–Kier alpha value is -0.0800. The van der Waals surface area contributed by atoms with Crippen LogP contribution in [0.2, 0.25) is 0 Å². The van der Waals surface area contributed by atoms with Gasteiger partial charge in [-0.15, -0.1) is 0 Å². The van der Waals surface area contributed by atoms with E-state index in [0.717, 1.165) is 19.1 Å². The number of methoxy groups -OCH3 is 1. The van der Waals surface area contributed by atoms with Gasteiger partial charge in [-0.1, -0.05) is 20.8 Å². The molecule has 80 valence electrons. The Morgan fingerprint density at radius 1 is 1.31 bits per heavy atom. The van der Waals surface area contributed by atoms with E-state index in [4.69, 9.17) is 4.74 Å². The highest BCUT2D eigenvalue weighted by atomic mass is 16.5. The summed E-state index contributed by atoms with van der Waals surface area (Å²) >= 11 is 0. The highest BCUT2D eigenvalue weighted by Gasteiger charge is 2.23. The molecular weight excluding hydrogens is 162 g/mol. The minimum atomic E-state index is 0.478. The van der Waals surface area contributed by atoms with Gasteiger partial charge in [0, 0.05) is 19.7 Å². The maximum atomic E-state index is 5.33. The Balaban J connectivity index is 0.000000671. The van der Waals surface area contributed by atoms with Crippen molar-refractivity contribution in [3.05, 3.63) is 0 Å². The lowest BCUT2D eigenvalue weighted by Crippen LogP contribution is -2.44. The lowest BCUT2D eigenvalue weighted by Gasteiger charge is -2.36. The predicted molar refractivity (Wildman–Crippen MR) is 58.1 cm³/mol. The molecule has 1 rings (SSSR count). The van der Waals surface area contributed by atoms with Crippen LogP contribution in [0.15, 0.2) is 0 Å². The van der Waals surface area contributed by atoms with Crippen LogP contribution >= 0.6 is 0 Å². The van der Waals surface area contributed by atoms with Gasteiger partial charge in [0.05, 0.1) is 6.10 Å². The molecule has 2 atom stereocenters. The van der Waals surface area contributed by atoms with Crippen molar-refractivity contribution >= 4 is 0 Å². The molecule has 0 aliphatic carbocycles. The highest BCUT2D eigenvalue weighted by molar-refractivity contribution is 4.77. The zero-order valence-electron chi connectivity index (χ0n) is 9.84. The van der Waals surface area contributed by atoms with E-state index in [9.17, 15) is 0 Å². The molecule has 1 aliphatic heterocycles. The second-order valence-electron chi connectivity index (χ2n) is 3.37. The van der Waals surface area contributed by atoms with Crippen LogP contribution in [0.5, 0.6) is 0 Å². The third-order valence-electron chi connectivity index (χ3n) is 2.71. The summed E-state index contributed by atoms with van der Waals surface area (Å²) in [6.45, 7) is 10.8. The van der Waals surface area contributed by atoms with Gasteiger partial charge in [0.15, 0.2) is 0 Å². The van der Waals surface area contributed by atoms with E-state index in [1.807, 2.05) is 21.0 Å². The minimum absolute atomic E-state index is 0.478. The molecule has 0 N–H and O–H groups in total. The number of nitrogens with zero attached hydrogens (tertiary/aromatic N) is 1. The maximum Gasteiger partial charge on any atom is 0.0698 e. The van der Waals surface area contributed by atoms with E-state index in [1.165, 1.54) is 12.8 Å². The first-order chi connectivity index (χ1) is 6.27. The zero-order chi connectivity index (χ0) is 10.3.